The summed E-state index contributed by atoms with van der Waals surface area (Å²) in [6.07, 6.45) is 1.62. The lowest BCUT2D eigenvalue weighted by molar-refractivity contribution is 0.532. The fourth-order valence-electron chi connectivity index (χ4n) is 2.34. The summed E-state index contributed by atoms with van der Waals surface area (Å²) in [5.41, 5.74) is 1.12. The highest BCUT2D eigenvalue weighted by atomic mass is 32.2. The van der Waals surface area contributed by atoms with Crippen molar-refractivity contribution < 1.29 is 8.42 Å². The first-order chi connectivity index (χ1) is 11.4. The van der Waals surface area contributed by atoms with Crippen molar-refractivity contribution in [2.45, 2.75) is 24.8 Å². The predicted molar refractivity (Wildman–Crippen MR) is 98.0 cm³/mol. The molecule has 0 atom stereocenters. The molecule has 2 heterocycles. The van der Waals surface area contributed by atoms with Gasteiger partial charge in [0.1, 0.15) is 10.6 Å². The molecule has 3 aromatic rings. The molecule has 0 amide bonds. The Hall–Kier alpha value is -2.12. The molecular formula is C17H19N3O2S2. The van der Waals surface area contributed by atoms with Gasteiger partial charge < -0.3 is 0 Å². The number of anilines is 1. The number of benzene rings is 1. The summed E-state index contributed by atoms with van der Waals surface area (Å²) in [6, 6.07) is 12.9. The molecule has 2 aromatic heterocycles. The third kappa shape index (κ3) is 2.97. The van der Waals surface area contributed by atoms with Crippen LogP contribution in [-0.2, 0) is 10.0 Å². The average molecular weight is 361 g/mol. The first kappa shape index (κ1) is 16.7. The van der Waals surface area contributed by atoms with Crippen LogP contribution in [0.2, 0.25) is 0 Å². The SMILES string of the molecule is CC(C)n1cc(S(=O)(=O)N(C)c2ccccc2)c(-c2cccs2)n1. The van der Waals surface area contributed by atoms with Crippen molar-refractivity contribution in [3.05, 3.63) is 54.0 Å². The highest BCUT2D eigenvalue weighted by molar-refractivity contribution is 7.93. The number of nitrogens with zero attached hydrogens (tertiary/aromatic N) is 3. The molecule has 0 spiro atoms. The zero-order valence-electron chi connectivity index (χ0n) is 13.7. The highest BCUT2D eigenvalue weighted by Gasteiger charge is 2.29. The summed E-state index contributed by atoms with van der Waals surface area (Å²) < 4.78 is 29.3. The van der Waals surface area contributed by atoms with Crippen molar-refractivity contribution in [1.82, 2.24) is 9.78 Å². The molecule has 0 saturated heterocycles. The second kappa shape index (κ2) is 6.41. The number of para-hydroxylation sites is 1. The van der Waals surface area contributed by atoms with E-state index in [-0.39, 0.29) is 10.9 Å². The van der Waals surface area contributed by atoms with Gasteiger partial charge in [0, 0.05) is 19.3 Å². The summed E-state index contributed by atoms with van der Waals surface area (Å²) in [5.74, 6) is 0. The summed E-state index contributed by atoms with van der Waals surface area (Å²) in [5, 5.41) is 6.43. The Balaban J connectivity index is 2.14. The number of aromatic nitrogens is 2. The van der Waals surface area contributed by atoms with E-state index in [0.717, 1.165) is 4.88 Å². The van der Waals surface area contributed by atoms with E-state index in [2.05, 4.69) is 5.10 Å². The van der Waals surface area contributed by atoms with E-state index in [9.17, 15) is 8.42 Å². The van der Waals surface area contributed by atoms with Gasteiger partial charge in [0.25, 0.3) is 10.0 Å². The lowest BCUT2D eigenvalue weighted by Crippen LogP contribution is -2.26. The van der Waals surface area contributed by atoms with E-state index in [4.69, 9.17) is 0 Å². The van der Waals surface area contributed by atoms with E-state index in [0.29, 0.717) is 11.4 Å². The van der Waals surface area contributed by atoms with Crippen molar-refractivity contribution in [2.24, 2.45) is 0 Å². The largest absolute Gasteiger partial charge is 0.269 e. The molecule has 1 aromatic carbocycles. The fourth-order valence-corrected chi connectivity index (χ4v) is 4.45. The molecule has 0 bridgehead atoms. The van der Waals surface area contributed by atoms with Crippen molar-refractivity contribution >= 4 is 27.0 Å². The van der Waals surface area contributed by atoms with Crippen LogP contribution in [0.15, 0.2) is 58.9 Å². The molecule has 0 radical (unpaired) electrons. The molecule has 0 aliphatic rings. The first-order valence-corrected chi connectivity index (χ1v) is 9.90. The zero-order valence-corrected chi connectivity index (χ0v) is 15.4. The van der Waals surface area contributed by atoms with Crippen molar-refractivity contribution in [3.63, 3.8) is 0 Å². The molecule has 0 unspecified atom stereocenters. The third-order valence-electron chi connectivity index (χ3n) is 3.74. The molecular weight excluding hydrogens is 342 g/mol. The van der Waals surface area contributed by atoms with E-state index >= 15 is 0 Å². The maximum atomic E-state index is 13.2. The van der Waals surface area contributed by atoms with Crippen LogP contribution in [0.3, 0.4) is 0 Å². The van der Waals surface area contributed by atoms with E-state index in [1.807, 2.05) is 49.6 Å². The second-order valence-corrected chi connectivity index (χ2v) is 8.59. The van der Waals surface area contributed by atoms with Gasteiger partial charge in [-0.05, 0) is 37.4 Å². The van der Waals surface area contributed by atoms with Gasteiger partial charge >= 0.3 is 0 Å². The van der Waals surface area contributed by atoms with Gasteiger partial charge in [0.2, 0.25) is 0 Å². The van der Waals surface area contributed by atoms with Crippen molar-refractivity contribution in [1.29, 1.82) is 0 Å². The normalized spacial score (nSPS) is 11.8. The Bertz CT molecular complexity index is 914. The summed E-state index contributed by atoms with van der Waals surface area (Å²) >= 11 is 1.48. The van der Waals surface area contributed by atoms with Crippen LogP contribution >= 0.6 is 11.3 Å². The molecule has 126 valence electrons. The minimum absolute atomic E-state index is 0.0784. The molecule has 0 aliphatic carbocycles. The second-order valence-electron chi connectivity index (χ2n) is 5.70. The van der Waals surface area contributed by atoms with Crippen LogP contribution in [0.25, 0.3) is 10.6 Å². The van der Waals surface area contributed by atoms with E-state index < -0.39 is 10.0 Å². The Morgan fingerprint density at radius 3 is 2.42 bits per heavy atom. The Kier molecular flexibility index (Phi) is 4.47. The van der Waals surface area contributed by atoms with Gasteiger partial charge in [0.05, 0.1) is 10.6 Å². The minimum Gasteiger partial charge on any atom is -0.269 e. The predicted octanol–water partition coefficient (Wildman–Crippen LogP) is 4.02. The first-order valence-electron chi connectivity index (χ1n) is 7.58. The minimum atomic E-state index is -3.70. The highest BCUT2D eigenvalue weighted by Crippen LogP contribution is 2.33. The number of hydrogen-bond acceptors (Lipinski definition) is 4. The number of sulfonamides is 1. The monoisotopic (exact) mass is 361 g/mol. The molecule has 5 nitrogen and oxygen atoms in total. The maximum Gasteiger partial charge on any atom is 0.267 e. The van der Waals surface area contributed by atoms with Gasteiger partial charge in [-0.1, -0.05) is 24.3 Å². The summed E-state index contributed by atoms with van der Waals surface area (Å²) in [7, 11) is -2.14. The van der Waals surface area contributed by atoms with Gasteiger partial charge in [-0.3, -0.25) is 8.99 Å². The standard InChI is InChI=1S/C17H19N3O2S2/c1-13(2)20-12-16(17(18-20)15-10-7-11-23-15)24(21,22)19(3)14-8-5-4-6-9-14/h4-13H,1-3H3. The third-order valence-corrected chi connectivity index (χ3v) is 6.40. The molecule has 0 N–H and O–H groups in total. The van der Waals surface area contributed by atoms with Gasteiger partial charge in [-0.15, -0.1) is 11.3 Å². The lowest BCUT2D eigenvalue weighted by Gasteiger charge is -2.19. The molecule has 0 aliphatic heterocycles. The van der Waals surface area contributed by atoms with Crippen LogP contribution in [0, 0.1) is 0 Å². The van der Waals surface area contributed by atoms with Gasteiger partial charge in [-0.2, -0.15) is 5.10 Å². The van der Waals surface area contributed by atoms with Gasteiger partial charge in [-0.25, -0.2) is 8.42 Å². The Labute approximate surface area is 146 Å². The molecule has 3 rings (SSSR count). The average Bonchev–Trinajstić information content (AvgIpc) is 3.24. The van der Waals surface area contributed by atoms with Crippen LogP contribution in [0.4, 0.5) is 5.69 Å². The van der Waals surface area contributed by atoms with Crippen molar-refractivity contribution in [2.75, 3.05) is 11.4 Å². The lowest BCUT2D eigenvalue weighted by atomic mass is 10.3. The molecule has 0 saturated carbocycles. The molecule has 0 fully saturated rings. The quantitative estimate of drug-likeness (QED) is 0.690. The maximum absolute atomic E-state index is 13.2. The Morgan fingerprint density at radius 1 is 1.12 bits per heavy atom. The van der Waals surface area contributed by atoms with E-state index in [1.54, 1.807) is 30.1 Å². The summed E-state index contributed by atoms with van der Waals surface area (Å²) in [4.78, 5) is 1.07. The number of thiophene rings is 1. The summed E-state index contributed by atoms with van der Waals surface area (Å²) in [6.45, 7) is 3.95. The number of hydrogen-bond donors (Lipinski definition) is 0. The molecule has 24 heavy (non-hydrogen) atoms. The zero-order chi connectivity index (χ0) is 17.3. The van der Waals surface area contributed by atoms with Crippen LogP contribution < -0.4 is 4.31 Å². The number of rotatable bonds is 5. The smallest absolute Gasteiger partial charge is 0.267 e. The van der Waals surface area contributed by atoms with Crippen LogP contribution in [-0.4, -0.2) is 25.2 Å². The van der Waals surface area contributed by atoms with Gasteiger partial charge in [0.15, 0.2) is 0 Å². The topological polar surface area (TPSA) is 55.2 Å². The Morgan fingerprint density at radius 2 is 1.83 bits per heavy atom. The van der Waals surface area contributed by atoms with Crippen LogP contribution in [0.5, 0.6) is 0 Å². The fraction of sp³-hybridized carbons (Fsp3) is 0.235. The molecule has 7 heteroatoms. The van der Waals surface area contributed by atoms with Crippen molar-refractivity contribution in [3.8, 4) is 10.6 Å². The van der Waals surface area contributed by atoms with E-state index in [1.165, 1.54) is 15.6 Å². The van der Waals surface area contributed by atoms with Crippen LogP contribution in [0.1, 0.15) is 19.9 Å².